The number of aromatic nitrogens is 2. The van der Waals surface area contributed by atoms with E-state index in [4.69, 9.17) is 5.73 Å². The van der Waals surface area contributed by atoms with Crippen molar-refractivity contribution in [2.75, 3.05) is 11.1 Å². The van der Waals surface area contributed by atoms with Crippen molar-refractivity contribution >= 4 is 17.2 Å². The number of hydrogen-bond acceptors (Lipinski definition) is 4. The second-order valence-electron chi connectivity index (χ2n) is 3.67. The summed E-state index contributed by atoms with van der Waals surface area (Å²) < 4.78 is 0. The summed E-state index contributed by atoms with van der Waals surface area (Å²) in [5, 5.41) is 3.01. The first-order valence-corrected chi connectivity index (χ1v) is 5.40. The molecule has 0 bridgehead atoms. The summed E-state index contributed by atoms with van der Waals surface area (Å²) in [7, 11) is 0. The number of rotatable bonds is 3. The van der Waals surface area contributed by atoms with Crippen LogP contribution in [0.2, 0.25) is 0 Å². The molecule has 0 atom stereocenters. The minimum Gasteiger partial charge on any atom is -0.391 e. The predicted octanol–water partition coefficient (Wildman–Crippen LogP) is 1.66. The highest BCUT2D eigenvalue weighted by molar-refractivity contribution is 5.67. The molecule has 2 rings (SSSR count). The minimum absolute atomic E-state index is 0.0899. The molecule has 0 aliphatic carbocycles. The van der Waals surface area contributed by atoms with E-state index in [-0.39, 0.29) is 11.2 Å². The number of nitrogens with one attached hydrogen (secondary N) is 2. The number of hydrogen-bond donors (Lipinski definition) is 3. The van der Waals surface area contributed by atoms with Crippen LogP contribution in [0.3, 0.4) is 0 Å². The third kappa shape index (κ3) is 2.44. The maximum atomic E-state index is 11.3. The van der Waals surface area contributed by atoms with E-state index in [0.717, 1.165) is 12.1 Å². The summed E-state index contributed by atoms with van der Waals surface area (Å²) in [5.41, 5.74) is 7.47. The van der Waals surface area contributed by atoms with Crippen LogP contribution in [0.15, 0.2) is 35.4 Å². The van der Waals surface area contributed by atoms with Gasteiger partial charge in [0.25, 0.3) is 5.56 Å². The lowest BCUT2D eigenvalue weighted by atomic mass is 10.1. The van der Waals surface area contributed by atoms with Crippen LogP contribution < -0.4 is 16.6 Å². The van der Waals surface area contributed by atoms with E-state index in [1.54, 1.807) is 0 Å². The Bertz CT molecular complexity index is 559. The highest BCUT2D eigenvalue weighted by Crippen LogP contribution is 2.17. The van der Waals surface area contributed by atoms with Gasteiger partial charge in [0.15, 0.2) is 5.82 Å². The topological polar surface area (TPSA) is 83.8 Å². The SMILES string of the molecule is CCc1ccc(Nc2nc[nH]c(=O)c2N)cc1. The number of nitrogens with zero attached hydrogens (tertiary/aromatic N) is 1. The molecule has 1 aromatic heterocycles. The highest BCUT2D eigenvalue weighted by atomic mass is 16.1. The number of anilines is 3. The van der Waals surface area contributed by atoms with Gasteiger partial charge in [-0.05, 0) is 24.1 Å². The van der Waals surface area contributed by atoms with Crippen LogP contribution in [0.5, 0.6) is 0 Å². The molecule has 0 aliphatic rings. The zero-order chi connectivity index (χ0) is 12.3. The lowest BCUT2D eigenvalue weighted by Gasteiger charge is -2.07. The molecule has 0 amide bonds. The van der Waals surface area contributed by atoms with Crippen molar-refractivity contribution in [1.82, 2.24) is 9.97 Å². The van der Waals surface area contributed by atoms with Gasteiger partial charge in [0, 0.05) is 5.69 Å². The molecule has 0 radical (unpaired) electrons. The molecule has 17 heavy (non-hydrogen) atoms. The van der Waals surface area contributed by atoms with Crippen molar-refractivity contribution in [3.8, 4) is 0 Å². The third-order valence-electron chi connectivity index (χ3n) is 2.51. The minimum atomic E-state index is -0.340. The molecule has 1 aromatic carbocycles. The van der Waals surface area contributed by atoms with Gasteiger partial charge >= 0.3 is 0 Å². The van der Waals surface area contributed by atoms with Crippen molar-refractivity contribution in [3.05, 3.63) is 46.5 Å². The van der Waals surface area contributed by atoms with Gasteiger partial charge in [-0.3, -0.25) is 4.79 Å². The lowest BCUT2D eigenvalue weighted by Crippen LogP contribution is -2.14. The highest BCUT2D eigenvalue weighted by Gasteiger charge is 2.04. The zero-order valence-corrected chi connectivity index (χ0v) is 9.53. The molecule has 2 aromatic rings. The number of benzene rings is 1. The molecule has 88 valence electrons. The van der Waals surface area contributed by atoms with Crippen LogP contribution in [0.1, 0.15) is 12.5 Å². The van der Waals surface area contributed by atoms with Gasteiger partial charge in [-0.25, -0.2) is 4.98 Å². The van der Waals surface area contributed by atoms with Crippen LogP contribution >= 0.6 is 0 Å². The molecule has 0 fully saturated rings. The maximum absolute atomic E-state index is 11.3. The molecule has 5 heteroatoms. The molecule has 4 N–H and O–H groups in total. The largest absolute Gasteiger partial charge is 0.391 e. The van der Waals surface area contributed by atoms with E-state index in [2.05, 4.69) is 22.2 Å². The summed E-state index contributed by atoms with van der Waals surface area (Å²) in [6, 6.07) is 7.90. The van der Waals surface area contributed by atoms with Crippen molar-refractivity contribution in [1.29, 1.82) is 0 Å². The van der Waals surface area contributed by atoms with E-state index >= 15 is 0 Å². The van der Waals surface area contributed by atoms with Crippen LogP contribution in [0.4, 0.5) is 17.2 Å². The van der Waals surface area contributed by atoms with Gasteiger partial charge in [0.1, 0.15) is 5.69 Å². The van der Waals surface area contributed by atoms with Gasteiger partial charge in [-0.15, -0.1) is 0 Å². The van der Waals surface area contributed by atoms with Gasteiger partial charge < -0.3 is 16.0 Å². The summed E-state index contributed by atoms with van der Waals surface area (Å²) in [6.07, 6.45) is 2.31. The van der Waals surface area contributed by atoms with E-state index in [9.17, 15) is 4.79 Å². The van der Waals surface area contributed by atoms with E-state index in [1.165, 1.54) is 11.9 Å². The van der Waals surface area contributed by atoms with Crippen LogP contribution in [-0.2, 0) is 6.42 Å². The monoisotopic (exact) mass is 230 g/mol. The average Bonchev–Trinajstić information content (AvgIpc) is 2.36. The third-order valence-corrected chi connectivity index (χ3v) is 2.51. The molecule has 0 unspecified atom stereocenters. The van der Waals surface area contributed by atoms with E-state index in [1.807, 2.05) is 24.3 Å². The molecule has 0 aliphatic heterocycles. The number of aryl methyl sites for hydroxylation is 1. The standard InChI is InChI=1S/C12H14N4O/c1-2-8-3-5-9(6-4-8)16-11-10(13)12(17)15-7-14-11/h3-7H,2,13H2,1H3,(H2,14,15,16,17). The van der Waals surface area contributed by atoms with Crippen LogP contribution in [0, 0.1) is 0 Å². The Balaban J connectivity index is 2.25. The first-order chi connectivity index (χ1) is 8.20. The second kappa shape index (κ2) is 4.69. The number of aromatic amines is 1. The van der Waals surface area contributed by atoms with Crippen LogP contribution in [0.25, 0.3) is 0 Å². The Morgan fingerprint density at radius 3 is 2.71 bits per heavy atom. The van der Waals surface area contributed by atoms with E-state index < -0.39 is 0 Å². The van der Waals surface area contributed by atoms with Gasteiger partial charge in [0.2, 0.25) is 0 Å². The van der Waals surface area contributed by atoms with Gasteiger partial charge in [-0.1, -0.05) is 19.1 Å². The van der Waals surface area contributed by atoms with Crippen molar-refractivity contribution in [2.24, 2.45) is 0 Å². The number of nitrogens with two attached hydrogens (primary N) is 1. The Hall–Kier alpha value is -2.30. The fourth-order valence-corrected chi connectivity index (χ4v) is 1.47. The van der Waals surface area contributed by atoms with Gasteiger partial charge in [-0.2, -0.15) is 0 Å². The smallest absolute Gasteiger partial charge is 0.276 e. The van der Waals surface area contributed by atoms with Crippen molar-refractivity contribution < 1.29 is 0 Å². The first-order valence-electron chi connectivity index (χ1n) is 5.40. The number of H-pyrrole nitrogens is 1. The Kier molecular flexibility index (Phi) is 3.09. The summed E-state index contributed by atoms with van der Waals surface area (Å²) in [4.78, 5) is 17.7. The molecular weight excluding hydrogens is 216 g/mol. The summed E-state index contributed by atoms with van der Waals surface area (Å²) in [6.45, 7) is 2.10. The van der Waals surface area contributed by atoms with Gasteiger partial charge in [0.05, 0.1) is 6.33 Å². The Morgan fingerprint density at radius 1 is 1.35 bits per heavy atom. The Labute approximate surface area is 98.7 Å². The fraction of sp³-hybridized carbons (Fsp3) is 0.167. The molecule has 0 saturated carbocycles. The van der Waals surface area contributed by atoms with Crippen LogP contribution in [-0.4, -0.2) is 9.97 Å². The fourth-order valence-electron chi connectivity index (χ4n) is 1.47. The second-order valence-corrected chi connectivity index (χ2v) is 3.67. The van der Waals surface area contributed by atoms with Crippen molar-refractivity contribution in [2.45, 2.75) is 13.3 Å². The quantitative estimate of drug-likeness (QED) is 0.748. The number of nitrogen functional groups attached to an aromatic ring is 1. The average molecular weight is 230 g/mol. The Morgan fingerprint density at radius 2 is 2.06 bits per heavy atom. The first kappa shape index (κ1) is 11.2. The molecule has 0 saturated heterocycles. The van der Waals surface area contributed by atoms with Crippen molar-refractivity contribution in [3.63, 3.8) is 0 Å². The zero-order valence-electron chi connectivity index (χ0n) is 9.53. The molecule has 0 spiro atoms. The molecular formula is C12H14N4O. The maximum Gasteiger partial charge on any atom is 0.276 e. The van der Waals surface area contributed by atoms with E-state index in [0.29, 0.717) is 5.82 Å². The predicted molar refractivity (Wildman–Crippen MR) is 68.4 cm³/mol. The molecule has 1 heterocycles. The molecule has 5 nitrogen and oxygen atoms in total. The summed E-state index contributed by atoms with van der Waals surface area (Å²) in [5.74, 6) is 0.373. The lowest BCUT2D eigenvalue weighted by molar-refractivity contribution is 1.12. The normalized spacial score (nSPS) is 10.2. The summed E-state index contributed by atoms with van der Waals surface area (Å²) >= 11 is 0.